The fourth-order valence-electron chi connectivity index (χ4n) is 3.68. The molecule has 0 saturated carbocycles. The highest BCUT2D eigenvalue weighted by molar-refractivity contribution is 7.89. The summed E-state index contributed by atoms with van der Waals surface area (Å²) in [5.41, 5.74) is 1.18. The third-order valence-corrected chi connectivity index (χ3v) is 7.47. The highest BCUT2D eigenvalue weighted by atomic mass is 32.2. The minimum atomic E-state index is -3.58. The summed E-state index contributed by atoms with van der Waals surface area (Å²) >= 11 is 0. The van der Waals surface area contributed by atoms with Crippen LogP contribution in [0.4, 0.5) is 5.82 Å². The molecule has 0 bridgehead atoms. The zero-order valence-electron chi connectivity index (χ0n) is 16.9. The van der Waals surface area contributed by atoms with Crippen molar-refractivity contribution in [2.24, 2.45) is 7.05 Å². The van der Waals surface area contributed by atoms with Crippen molar-refractivity contribution < 1.29 is 8.42 Å². The van der Waals surface area contributed by atoms with Crippen LogP contribution in [0.3, 0.4) is 0 Å². The number of aryl methyl sites for hydroxylation is 3. The molecule has 4 heterocycles. The molecule has 0 aliphatic carbocycles. The quantitative estimate of drug-likeness (QED) is 0.621. The van der Waals surface area contributed by atoms with E-state index in [1.54, 1.807) is 31.8 Å². The topological polar surface area (TPSA) is 102 Å². The lowest BCUT2D eigenvalue weighted by molar-refractivity contribution is 0.383. The van der Waals surface area contributed by atoms with E-state index >= 15 is 0 Å². The average molecular weight is 417 g/mol. The average Bonchev–Trinajstić information content (AvgIpc) is 3.24. The predicted molar refractivity (Wildman–Crippen MR) is 108 cm³/mol. The molecule has 1 aliphatic rings. The van der Waals surface area contributed by atoms with E-state index in [0.717, 1.165) is 17.5 Å². The number of rotatable bonds is 4. The minimum absolute atomic E-state index is 0.313. The first-order chi connectivity index (χ1) is 13.8. The number of nitrogens with zero attached hydrogens (tertiary/aromatic N) is 8. The van der Waals surface area contributed by atoms with Gasteiger partial charge in [-0.05, 0) is 20.8 Å². The Balaban J connectivity index is 1.52. The number of imidazole rings is 1. The van der Waals surface area contributed by atoms with Crippen molar-refractivity contribution in [2.75, 3.05) is 31.1 Å². The molecule has 0 N–H and O–H groups in total. The van der Waals surface area contributed by atoms with Crippen LogP contribution in [0, 0.1) is 20.8 Å². The standard InChI is InChI=1S/C18H24N8O2S/c1-13-18(14(2)23(4)22-13)29(27,28)25-9-7-24(8-10-25)16-11-17(21-12-20-16)26-6-5-19-15(26)3/h5-6,11-12H,7-10H2,1-4H3. The number of anilines is 1. The highest BCUT2D eigenvalue weighted by Crippen LogP contribution is 2.25. The van der Waals surface area contributed by atoms with Gasteiger partial charge >= 0.3 is 0 Å². The number of sulfonamides is 1. The van der Waals surface area contributed by atoms with E-state index in [2.05, 4.69) is 25.0 Å². The van der Waals surface area contributed by atoms with E-state index in [-0.39, 0.29) is 0 Å². The van der Waals surface area contributed by atoms with Gasteiger partial charge in [-0.2, -0.15) is 9.40 Å². The SMILES string of the molecule is Cc1nn(C)c(C)c1S(=O)(=O)N1CCN(c2cc(-n3ccnc3C)ncn2)CC1. The Bertz CT molecular complexity index is 1140. The molecular formula is C18H24N8O2S. The predicted octanol–water partition coefficient (Wildman–Crippen LogP) is 0.832. The van der Waals surface area contributed by atoms with E-state index in [1.165, 1.54) is 10.6 Å². The van der Waals surface area contributed by atoms with Crippen molar-refractivity contribution in [3.8, 4) is 5.82 Å². The van der Waals surface area contributed by atoms with Crippen LogP contribution >= 0.6 is 0 Å². The monoisotopic (exact) mass is 416 g/mol. The maximum absolute atomic E-state index is 13.2. The van der Waals surface area contributed by atoms with Gasteiger partial charge in [0.2, 0.25) is 10.0 Å². The van der Waals surface area contributed by atoms with E-state index in [4.69, 9.17) is 0 Å². The van der Waals surface area contributed by atoms with E-state index in [9.17, 15) is 8.42 Å². The fourth-order valence-corrected chi connectivity index (χ4v) is 5.50. The fraction of sp³-hybridized carbons (Fsp3) is 0.444. The highest BCUT2D eigenvalue weighted by Gasteiger charge is 2.33. The van der Waals surface area contributed by atoms with Gasteiger partial charge in [0.05, 0.1) is 11.4 Å². The van der Waals surface area contributed by atoms with Crippen LogP contribution in [0.15, 0.2) is 29.7 Å². The summed E-state index contributed by atoms with van der Waals surface area (Å²) < 4.78 is 31.3. The van der Waals surface area contributed by atoms with Crippen LogP contribution < -0.4 is 4.90 Å². The van der Waals surface area contributed by atoms with Gasteiger partial charge in [0.15, 0.2) is 0 Å². The summed E-state index contributed by atoms with van der Waals surface area (Å²) in [4.78, 5) is 15.3. The normalized spacial score (nSPS) is 15.8. The molecule has 4 rings (SSSR count). The van der Waals surface area contributed by atoms with Gasteiger partial charge in [-0.3, -0.25) is 9.25 Å². The van der Waals surface area contributed by atoms with Crippen molar-refractivity contribution in [1.29, 1.82) is 0 Å². The van der Waals surface area contributed by atoms with E-state index < -0.39 is 10.0 Å². The summed E-state index contributed by atoms with van der Waals surface area (Å²) in [6, 6.07) is 1.90. The number of hydrogen-bond acceptors (Lipinski definition) is 7. The molecular weight excluding hydrogens is 392 g/mol. The Morgan fingerprint density at radius 3 is 2.24 bits per heavy atom. The Morgan fingerprint density at radius 1 is 0.966 bits per heavy atom. The van der Waals surface area contributed by atoms with Crippen LogP contribution in [0.2, 0.25) is 0 Å². The molecule has 154 valence electrons. The van der Waals surface area contributed by atoms with Gasteiger partial charge in [0.1, 0.15) is 28.7 Å². The Labute approximate surface area is 169 Å². The minimum Gasteiger partial charge on any atom is -0.354 e. The first-order valence-corrected chi connectivity index (χ1v) is 10.8. The second-order valence-electron chi connectivity index (χ2n) is 7.09. The van der Waals surface area contributed by atoms with Crippen molar-refractivity contribution in [2.45, 2.75) is 25.7 Å². The molecule has 1 fully saturated rings. The maximum Gasteiger partial charge on any atom is 0.246 e. The van der Waals surface area contributed by atoms with Crippen molar-refractivity contribution in [3.63, 3.8) is 0 Å². The lowest BCUT2D eigenvalue weighted by Gasteiger charge is -2.34. The first-order valence-electron chi connectivity index (χ1n) is 9.36. The van der Waals surface area contributed by atoms with Crippen LogP contribution in [0.1, 0.15) is 17.2 Å². The molecule has 1 aliphatic heterocycles. The number of piperazine rings is 1. The smallest absolute Gasteiger partial charge is 0.246 e. The molecule has 3 aromatic heterocycles. The zero-order chi connectivity index (χ0) is 20.8. The van der Waals surface area contributed by atoms with Gasteiger partial charge in [-0.15, -0.1) is 0 Å². The van der Waals surface area contributed by atoms with Gasteiger partial charge < -0.3 is 4.90 Å². The molecule has 0 atom stereocenters. The van der Waals surface area contributed by atoms with Crippen molar-refractivity contribution >= 4 is 15.8 Å². The summed E-state index contributed by atoms with van der Waals surface area (Å²) in [5.74, 6) is 2.35. The molecule has 0 spiro atoms. The Kier molecular flexibility index (Phi) is 4.87. The summed E-state index contributed by atoms with van der Waals surface area (Å²) in [6.07, 6.45) is 5.10. The van der Waals surface area contributed by atoms with Crippen LogP contribution in [0.5, 0.6) is 0 Å². The van der Waals surface area contributed by atoms with Crippen molar-refractivity contribution in [3.05, 3.63) is 42.0 Å². The van der Waals surface area contributed by atoms with Gasteiger partial charge in [-0.1, -0.05) is 0 Å². The third-order valence-electron chi connectivity index (χ3n) is 5.31. The molecule has 10 nitrogen and oxygen atoms in total. The van der Waals surface area contributed by atoms with Crippen molar-refractivity contribution in [1.82, 2.24) is 33.6 Å². The second kappa shape index (κ2) is 7.23. The molecule has 0 aromatic carbocycles. The lowest BCUT2D eigenvalue weighted by Crippen LogP contribution is -2.49. The van der Waals surface area contributed by atoms with Gasteiger partial charge in [0, 0.05) is 51.7 Å². The summed E-state index contributed by atoms with van der Waals surface area (Å²) in [5, 5.41) is 4.25. The maximum atomic E-state index is 13.2. The Hall–Kier alpha value is -2.79. The molecule has 0 unspecified atom stereocenters. The Morgan fingerprint density at radius 2 is 1.66 bits per heavy atom. The molecule has 1 saturated heterocycles. The molecule has 11 heteroatoms. The number of hydrogen-bond donors (Lipinski definition) is 0. The third kappa shape index (κ3) is 3.40. The molecule has 0 amide bonds. The van der Waals surface area contributed by atoms with E-state index in [0.29, 0.717) is 42.5 Å². The largest absolute Gasteiger partial charge is 0.354 e. The van der Waals surface area contributed by atoms with Gasteiger partial charge in [0.25, 0.3) is 0 Å². The molecule has 3 aromatic rings. The first kappa shape index (κ1) is 19.5. The van der Waals surface area contributed by atoms with Gasteiger partial charge in [-0.25, -0.2) is 23.4 Å². The molecule has 29 heavy (non-hydrogen) atoms. The zero-order valence-corrected chi connectivity index (χ0v) is 17.8. The lowest BCUT2D eigenvalue weighted by atomic mass is 10.3. The second-order valence-corrected chi connectivity index (χ2v) is 8.97. The summed E-state index contributed by atoms with van der Waals surface area (Å²) in [6.45, 7) is 7.31. The van der Waals surface area contributed by atoms with Crippen LogP contribution in [0.25, 0.3) is 5.82 Å². The summed E-state index contributed by atoms with van der Waals surface area (Å²) in [7, 11) is -1.82. The number of aromatic nitrogens is 6. The molecule has 0 radical (unpaired) electrons. The van der Waals surface area contributed by atoms with E-state index in [1.807, 2.05) is 23.8 Å². The van der Waals surface area contributed by atoms with Crippen LogP contribution in [-0.2, 0) is 17.1 Å². The van der Waals surface area contributed by atoms with Crippen LogP contribution in [-0.4, -0.2) is 68.2 Å².